The third-order valence-electron chi connectivity index (χ3n) is 3.39. The molecule has 3 rings (SSSR count). The van der Waals surface area contributed by atoms with Gasteiger partial charge in [0.15, 0.2) is 6.29 Å². The maximum absolute atomic E-state index is 13.8. The molecule has 3 aromatic rings. The number of carbonyl (C=O) groups is 1. The van der Waals surface area contributed by atoms with Crippen LogP contribution in [-0.4, -0.2) is 16.1 Å². The van der Waals surface area contributed by atoms with E-state index in [1.165, 1.54) is 29.1 Å². The number of nitrogens with zero attached hydrogens (tertiary/aromatic N) is 2. The second-order valence-electron chi connectivity index (χ2n) is 4.82. The van der Waals surface area contributed by atoms with Crippen molar-refractivity contribution in [1.82, 2.24) is 9.78 Å². The smallest absolute Gasteiger partial charge is 0.153 e. The quantitative estimate of drug-likeness (QED) is 0.689. The van der Waals surface area contributed by atoms with Crippen LogP contribution in [0, 0.1) is 11.6 Å². The van der Waals surface area contributed by atoms with Gasteiger partial charge in [0.2, 0.25) is 0 Å². The van der Waals surface area contributed by atoms with Gasteiger partial charge in [-0.1, -0.05) is 18.2 Å². The summed E-state index contributed by atoms with van der Waals surface area (Å²) in [5.74, 6) is -0.702. The Morgan fingerprint density at radius 2 is 1.77 bits per heavy atom. The van der Waals surface area contributed by atoms with Crippen LogP contribution in [0.1, 0.15) is 15.9 Å². The molecule has 110 valence electrons. The van der Waals surface area contributed by atoms with Crippen molar-refractivity contribution < 1.29 is 13.6 Å². The zero-order chi connectivity index (χ0) is 15.5. The first-order valence-corrected chi connectivity index (χ1v) is 6.69. The molecule has 5 heteroatoms. The average Bonchev–Trinajstić information content (AvgIpc) is 2.93. The van der Waals surface area contributed by atoms with E-state index in [1.54, 1.807) is 30.3 Å². The fourth-order valence-corrected chi connectivity index (χ4v) is 2.32. The molecule has 0 aliphatic heterocycles. The van der Waals surface area contributed by atoms with Crippen molar-refractivity contribution in [2.75, 3.05) is 0 Å². The van der Waals surface area contributed by atoms with E-state index in [2.05, 4.69) is 5.10 Å². The van der Waals surface area contributed by atoms with Crippen molar-refractivity contribution in [2.45, 2.75) is 6.54 Å². The highest BCUT2D eigenvalue weighted by Gasteiger charge is 2.14. The third kappa shape index (κ3) is 2.65. The molecular formula is C17H12F2N2O. The Bertz CT molecular complexity index is 810. The molecule has 0 aliphatic rings. The number of aromatic nitrogens is 2. The van der Waals surface area contributed by atoms with Gasteiger partial charge in [0.25, 0.3) is 0 Å². The zero-order valence-corrected chi connectivity index (χ0v) is 11.5. The van der Waals surface area contributed by atoms with E-state index < -0.39 is 0 Å². The van der Waals surface area contributed by atoms with Gasteiger partial charge in [0, 0.05) is 11.1 Å². The largest absolute Gasteiger partial charge is 0.298 e. The number of hydrogen-bond acceptors (Lipinski definition) is 2. The molecule has 2 aromatic carbocycles. The number of hydrogen-bond donors (Lipinski definition) is 0. The molecule has 0 atom stereocenters. The highest BCUT2D eigenvalue weighted by Crippen LogP contribution is 2.24. The van der Waals surface area contributed by atoms with Crippen LogP contribution in [0.4, 0.5) is 8.78 Å². The Hall–Kier alpha value is -2.82. The number of halogens is 2. The lowest BCUT2D eigenvalue weighted by atomic mass is 10.1. The molecule has 22 heavy (non-hydrogen) atoms. The Labute approximate surface area is 125 Å². The SMILES string of the molecule is O=Cc1cnn(Cc2ccccc2F)c1-c1ccc(F)cc1. The van der Waals surface area contributed by atoms with Gasteiger partial charge in [-0.15, -0.1) is 0 Å². The summed E-state index contributed by atoms with van der Waals surface area (Å²) in [6.07, 6.45) is 2.11. The van der Waals surface area contributed by atoms with E-state index in [1.807, 2.05) is 0 Å². The van der Waals surface area contributed by atoms with Gasteiger partial charge < -0.3 is 0 Å². The lowest BCUT2D eigenvalue weighted by Crippen LogP contribution is -2.06. The monoisotopic (exact) mass is 298 g/mol. The fraction of sp³-hybridized carbons (Fsp3) is 0.0588. The summed E-state index contributed by atoms with van der Waals surface area (Å²) >= 11 is 0. The van der Waals surface area contributed by atoms with E-state index in [9.17, 15) is 13.6 Å². The van der Waals surface area contributed by atoms with Gasteiger partial charge in [-0.3, -0.25) is 9.48 Å². The molecule has 0 saturated heterocycles. The molecule has 0 aliphatic carbocycles. The minimum atomic E-state index is -0.364. The summed E-state index contributed by atoms with van der Waals surface area (Å²) in [5.41, 5.74) is 2.03. The molecule has 1 heterocycles. The minimum Gasteiger partial charge on any atom is -0.298 e. The van der Waals surface area contributed by atoms with Crippen LogP contribution in [-0.2, 0) is 6.54 Å². The van der Waals surface area contributed by atoms with Gasteiger partial charge >= 0.3 is 0 Å². The summed E-state index contributed by atoms with van der Waals surface area (Å²) in [6.45, 7) is 0.188. The molecule has 0 spiro atoms. The van der Waals surface area contributed by atoms with Crippen LogP contribution < -0.4 is 0 Å². The number of rotatable bonds is 4. The molecule has 0 N–H and O–H groups in total. The molecule has 1 aromatic heterocycles. The summed E-state index contributed by atoms with van der Waals surface area (Å²) in [4.78, 5) is 11.2. The van der Waals surface area contributed by atoms with Crippen LogP contribution in [0.15, 0.2) is 54.7 Å². The lowest BCUT2D eigenvalue weighted by Gasteiger charge is -2.09. The first-order valence-electron chi connectivity index (χ1n) is 6.69. The van der Waals surface area contributed by atoms with E-state index in [0.29, 0.717) is 28.7 Å². The minimum absolute atomic E-state index is 0.188. The van der Waals surface area contributed by atoms with E-state index >= 15 is 0 Å². The van der Waals surface area contributed by atoms with Crippen LogP contribution >= 0.6 is 0 Å². The average molecular weight is 298 g/mol. The molecule has 0 fully saturated rings. The van der Waals surface area contributed by atoms with Crippen molar-refractivity contribution in [2.24, 2.45) is 0 Å². The van der Waals surface area contributed by atoms with Crippen LogP contribution in [0.5, 0.6) is 0 Å². The van der Waals surface area contributed by atoms with E-state index in [-0.39, 0.29) is 18.2 Å². The van der Waals surface area contributed by atoms with Crippen molar-refractivity contribution in [3.63, 3.8) is 0 Å². The molecule has 0 amide bonds. The third-order valence-corrected chi connectivity index (χ3v) is 3.39. The summed E-state index contributed by atoms with van der Waals surface area (Å²) in [5, 5.41) is 4.15. The standard InChI is InChI=1S/C17H12F2N2O/c18-15-7-5-12(6-8-15)17-14(11-22)9-20-21(17)10-13-3-1-2-4-16(13)19/h1-9,11H,10H2. The van der Waals surface area contributed by atoms with Gasteiger partial charge in [0.05, 0.1) is 24.0 Å². The van der Waals surface area contributed by atoms with Crippen molar-refractivity contribution >= 4 is 6.29 Å². The first-order chi connectivity index (χ1) is 10.7. The molecule has 0 saturated carbocycles. The topological polar surface area (TPSA) is 34.9 Å². The van der Waals surface area contributed by atoms with E-state index in [4.69, 9.17) is 0 Å². The fourth-order valence-electron chi connectivity index (χ4n) is 2.32. The number of carbonyl (C=O) groups excluding carboxylic acids is 1. The second-order valence-corrected chi connectivity index (χ2v) is 4.82. The highest BCUT2D eigenvalue weighted by atomic mass is 19.1. The normalized spacial score (nSPS) is 10.6. The van der Waals surface area contributed by atoms with Gasteiger partial charge in [-0.2, -0.15) is 5.10 Å². The van der Waals surface area contributed by atoms with Crippen LogP contribution in [0.25, 0.3) is 11.3 Å². The molecule has 0 radical (unpaired) electrons. The van der Waals surface area contributed by atoms with Crippen molar-refractivity contribution in [3.8, 4) is 11.3 Å². The van der Waals surface area contributed by atoms with Gasteiger partial charge in [0.1, 0.15) is 11.6 Å². The lowest BCUT2D eigenvalue weighted by molar-refractivity contribution is 0.112. The number of benzene rings is 2. The zero-order valence-electron chi connectivity index (χ0n) is 11.5. The number of aldehydes is 1. The van der Waals surface area contributed by atoms with Crippen molar-refractivity contribution in [1.29, 1.82) is 0 Å². The Morgan fingerprint density at radius 1 is 1.05 bits per heavy atom. The molecule has 3 nitrogen and oxygen atoms in total. The highest BCUT2D eigenvalue weighted by molar-refractivity contribution is 5.85. The second kappa shape index (κ2) is 5.89. The summed E-state index contributed by atoms with van der Waals surface area (Å²) < 4.78 is 28.4. The maximum atomic E-state index is 13.8. The van der Waals surface area contributed by atoms with Crippen LogP contribution in [0.3, 0.4) is 0 Å². The Morgan fingerprint density at radius 3 is 2.45 bits per heavy atom. The van der Waals surface area contributed by atoms with Gasteiger partial charge in [-0.05, 0) is 30.3 Å². The Balaban J connectivity index is 2.06. The predicted molar refractivity (Wildman–Crippen MR) is 78.5 cm³/mol. The summed E-state index contributed by atoms with van der Waals surface area (Å²) in [6, 6.07) is 12.1. The predicted octanol–water partition coefficient (Wildman–Crippen LogP) is 3.69. The molecule has 0 unspecified atom stereocenters. The first kappa shape index (κ1) is 14.1. The van der Waals surface area contributed by atoms with Gasteiger partial charge in [-0.25, -0.2) is 8.78 Å². The summed E-state index contributed by atoms with van der Waals surface area (Å²) in [7, 11) is 0. The molecular weight excluding hydrogens is 286 g/mol. The maximum Gasteiger partial charge on any atom is 0.153 e. The van der Waals surface area contributed by atoms with Crippen molar-refractivity contribution in [3.05, 3.63) is 77.5 Å². The Kier molecular flexibility index (Phi) is 3.78. The van der Waals surface area contributed by atoms with Crippen LogP contribution in [0.2, 0.25) is 0 Å². The molecule has 0 bridgehead atoms. The van der Waals surface area contributed by atoms with E-state index in [0.717, 1.165) is 0 Å².